The molecule has 0 radical (unpaired) electrons. The number of furan rings is 1. The van der Waals surface area contributed by atoms with Gasteiger partial charge in [-0.3, -0.25) is 19.8 Å². The molecule has 0 bridgehead atoms. The van der Waals surface area contributed by atoms with Crippen LogP contribution in [0.1, 0.15) is 22.1 Å². The van der Waals surface area contributed by atoms with Gasteiger partial charge in [-0.05, 0) is 40.3 Å². The first-order valence-electron chi connectivity index (χ1n) is 6.83. The Morgan fingerprint density at radius 3 is 3.12 bits per heavy atom. The molecule has 2 N–H and O–H groups in total. The fourth-order valence-corrected chi connectivity index (χ4v) is 3.24. The quantitative estimate of drug-likeness (QED) is 0.463. The monoisotopic (exact) mass is 425 g/mol. The van der Waals surface area contributed by atoms with Crippen LogP contribution in [0.4, 0.5) is 5.13 Å². The summed E-state index contributed by atoms with van der Waals surface area (Å²) in [6, 6.07) is 3.24. The van der Waals surface area contributed by atoms with E-state index in [9.17, 15) is 4.79 Å². The third-order valence-electron chi connectivity index (χ3n) is 3.06. The SMILES string of the molecule is C=CCn1c(Cc2csc(NC(=O)c3ccc(Br)o3)n2)n[nH]c1=S. The topological polar surface area (TPSA) is 88.7 Å². The Bertz CT molecular complexity index is 939. The van der Waals surface area contributed by atoms with Gasteiger partial charge in [0.2, 0.25) is 0 Å². The average Bonchev–Trinajstić information content (AvgIpc) is 3.25. The summed E-state index contributed by atoms with van der Waals surface area (Å²) >= 11 is 9.68. The molecule has 0 aliphatic rings. The van der Waals surface area contributed by atoms with Crippen molar-refractivity contribution < 1.29 is 9.21 Å². The van der Waals surface area contributed by atoms with Crippen LogP contribution >= 0.6 is 39.5 Å². The second-order valence-electron chi connectivity index (χ2n) is 4.72. The molecule has 0 saturated heterocycles. The number of nitrogens with one attached hydrogen (secondary N) is 2. The molecule has 124 valence electrons. The number of carbonyl (C=O) groups excluding carboxylic acids is 1. The molecular formula is C14H12BrN5O2S2. The predicted molar refractivity (Wildman–Crippen MR) is 96.9 cm³/mol. The first-order valence-corrected chi connectivity index (χ1v) is 8.91. The molecule has 3 aromatic rings. The molecule has 7 nitrogen and oxygen atoms in total. The predicted octanol–water partition coefficient (Wildman–Crippen LogP) is 3.78. The zero-order valence-corrected chi connectivity index (χ0v) is 15.5. The van der Waals surface area contributed by atoms with E-state index in [1.165, 1.54) is 11.3 Å². The maximum Gasteiger partial charge on any atom is 0.293 e. The lowest BCUT2D eigenvalue weighted by Gasteiger charge is -2.01. The summed E-state index contributed by atoms with van der Waals surface area (Å²) in [6.07, 6.45) is 2.25. The minimum Gasteiger partial charge on any atom is -0.444 e. The molecule has 0 fully saturated rings. The molecule has 0 atom stereocenters. The van der Waals surface area contributed by atoms with E-state index in [0.717, 1.165) is 11.5 Å². The van der Waals surface area contributed by atoms with Crippen LogP contribution in [-0.4, -0.2) is 25.7 Å². The molecule has 24 heavy (non-hydrogen) atoms. The highest BCUT2D eigenvalue weighted by molar-refractivity contribution is 9.10. The smallest absolute Gasteiger partial charge is 0.293 e. The van der Waals surface area contributed by atoms with E-state index in [4.69, 9.17) is 16.6 Å². The summed E-state index contributed by atoms with van der Waals surface area (Å²) < 4.78 is 8.09. The standard InChI is InChI=1S/C14H12BrN5O2S2/c1-2-5-20-11(18-19-14(20)23)6-8-7-24-13(16-8)17-12(21)9-3-4-10(15)22-9/h2-4,7H,1,5-6H2,(H,19,23)(H,16,17,21). The molecule has 1 amide bonds. The van der Waals surface area contributed by atoms with E-state index in [1.807, 2.05) is 9.95 Å². The summed E-state index contributed by atoms with van der Waals surface area (Å²) in [4.78, 5) is 16.4. The molecular weight excluding hydrogens is 414 g/mol. The van der Waals surface area contributed by atoms with E-state index in [-0.39, 0.29) is 11.7 Å². The first kappa shape index (κ1) is 16.8. The third kappa shape index (κ3) is 3.71. The van der Waals surface area contributed by atoms with Crippen LogP contribution in [0.3, 0.4) is 0 Å². The van der Waals surface area contributed by atoms with E-state index < -0.39 is 0 Å². The molecule has 0 saturated carbocycles. The van der Waals surface area contributed by atoms with Crippen molar-refractivity contribution in [3.63, 3.8) is 0 Å². The summed E-state index contributed by atoms with van der Waals surface area (Å²) in [5, 5.41) is 12.0. The lowest BCUT2D eigenvalue weighted by atomic mass is 10.3. The molecule has 0 aliphatic heterocycles. The van der Waals surface area contributed by atoms with Gasteiger partial charge in [-0.2, -0.15) is 5.10 Å². The van der Waals surface area contributed by atoms with Crippen molar-refractivity contribution >= 4 is 50.5 Å². The van der Waals surface area contributed by atoms with Gasteiger partial charge in [-0.1, -0.05) is 6.08 Å². The minimum absolute atomic E-state index is 0.213. The zero-order valence-electron chi connectivity index (χ0n) is 12.3. The molecule has 0 unspecified atom stereocenters. The lowest BCUT2D eigenvalue weighted by molar-refractivity contribution is 0.0995. The van der Waals surface area contributed by atoms with E-state index in [2.05, 4.69) is 43.0 Å². The molecule has 10 heteroatoms. The van der Waals surface area contributed by atoms with Gasteiger partial charge in [0.15, 0.2) is 20.3 Å². The van der Waals surface area contributed by atoms with E-state index in [0.29, 0.717) is 27.5 Å². The maximum atomic E-state index is 12.0. The van der Waals surface area contributed by atoms with Crippen LogP contribution in [0.15, 0.2) is 39.3 Å². The van der Waals surface area contributed by atoms with Gasteiger partial charge in [0.25, 0.3) is 5.91 Å². The van der Waals surface area contributed by atoms with Crippen molar-refractivity contribution in [2.45, 2.75) is 13.0 Å². The maximum absolute atomic E-state index is 12.0. The second-order valence-corrected chi connectivity index (χ2v) is 6.75. The number of amides is 1. The van der Waals surface area contributed by atoms with Gasteiger partial charge >= 0.3 is 0 Å². The molecule has 3 aromatic heterocycles. The largest absolute Gasteiger partial charge is 0.444 e. The number of carbonyl (C=O) groups is 1. The second kappa shape index (κ2) is 7.24. The Labute approximate surface area is 154 Å². The van der Waals surface area contributed by atoms with Crippen molar-refractivity contribution in [1.29, 1.82) is 0 Å². The number of thiazole rings is 1. The van der Waals surface area contributed by atoms with Crippen LogP contribution in [0.5, 0.6) is 0 Å². The summed E-state index contributed by atoms with van der Waals surface area (Å²) in [7, 11) is 0. The van der Waals surface area contributed by atoms with Crippen LogP contribution < -0.4 is 5.32 Å². The molecule has 0 aromatic carbocycles. The Kier molecular flexibility index (Phi) is 5.07. The number of H-pyrrole nitrogens is 1. The Balaban J connectivity index is 1.71. The number of aromatic amines is 1. The number of allylic oxidation sites excluding steroid dienone is 1. The van der Waals surface area contributed by atoms with E-state index >= 15 is 0 Å². The average molecular weight is 426 g/mol. The van der Waals surface area contributed by atoms with Crippen molar-refractivity contribution in [2.75, 3.05) is 5.32 Å². The number of aromatic nitrogens is 4. The van der Waals surface area contributed by atoms with Gasteiger partial charge in [0.05, 0.1) is 12.1 Å². The van der Waals surface area contributed by atoms with Crippen molar-refractivity contribution in [2.24, 2.45) is 0 Å². The van der Waals surface area contributed by atoms with Gasteiger partial charge in [-0.15, -0.1) is 17.9 Å². The van der Waals surface area contributed by atoms with Crippen LogP contribution in [0.25, 0.3) is 0 Å². The number of halogens is 1. The van der Waals surface area contributed by atoms with Gasteiger partial charge in [0.1, 0.15) is 5.82 Å². The van der Waals surface area contributed by atoms with Crippen molar-refractivity contribution in [3.8, 4) is 0 Å². The fraction of sp³-hybridized carbons (Fsp3) is 0.143. The number of rotatable bonds is 6. The van der Waals surface area contributed by atoms with Crippen LogP contribution in [0.2, 0.25) is 0 Å². The summed E-state index contributed by atoms with van der Waals surface area (Å²) in [5.74, 6) is 0.625. The fourth-order valence-electron chi connectivity index (χ4n) is 2.01. The molecule has 0 spiro atoms. The number of nitrogens with zero attached hydrogens (tertiary/aromatic N) is 3. The Morgan fingerprint density at radius 1 is 1.58 bits per heavy atom. The van der Waals surface area contributed by atoms with Crippen molar-refractivity contribution in [3.05, 3.63) is 56.9 Å². The Morgan fingerprint density at radius 2 is 2.42 bits per heavy atom. The molecule has 3 heterocycles. The van der Waals surface area contributed by atoms with Crippen LogP contribution in [0, 0.1) is 4.77 Å². The molecule has 0 aliphatic carbocycles. The number of hydrogen-bond donors (Lipinski definition) is 2. The summed E-state index contributed by atoms with van der Waals surface area (Å²) in [6.45, 7) is 4.29. The summed E-state index contributed by atoms with van der Waals surface area (Å²) in [5.41, 5.74) is 0.787. The van der Waals surface area contributed by atoms with Crippen LogP contribution in [-0.2, 0) is 13.0 Å². The first-order chi connectivity index (χ1) is 11.6. The van der Waals surface area contributed by atoms with Crippen molar-refractivity contribution in [1.82, 2.24) is 19.7 Å². The highest BCUT2D eigenvalue weighted by Gasteiger charge is 2.14. The highest BCUT2D eigenvalue weighted by Crippen LogP contribution is 2.20. The van der Waals surface area contributed by atoms with E-state index in [1.54, 1.807) is 18.2 Å². The lowest BCUT2D eigenvalue weighted by Crippen LogP contribution is -2.10. The minimum atomic E-state index is -0.351. The normalized spacial score (nSPS) is 10.7. The van der Waals surface area contributed by atoms with Gasteiger partial charge in [-0.25, -0.2) is 4.98 Å². The van der Waals surface area contributed by atoms with Gasteiger partial charge in [0, 0.05) is 11.9 Å². The Hall–Kier alpha value is -2.04. The highest BCUT2D eigenvalue weighted by atomic mass is 79.9. The third-order valence-corrected chi connectivity index (χ3v) is 4.60. The molecule has 3 rings (SSSR count). The zero-order chi connectivity index (χ0) is 17.1. The number of hydrogen-bond acceptors (Lipinski definition) is 6. The number of anilines is 1. The van der Waals surface area contributed by atoms with Gasteiger partial charge < -0.3 is 4.42 Å².